The van der Waals surface area contributed by atoms with Crippen LogP contribution in [0.15, 0.2) is 46.2 Å². The molecule has 0 spiro atoms. The third-order valence-corrected chi connectivity index (χ3v) is 4.51. The Kier molecular flexibility index (Phi) is 2.85. The van der Waals surface area contributed by atoms with Gasteiger partial charge >= 0.3 is 0 Å². The van der Waals surface area contributed by atoms with E-state index >= 15 is 0 Å². The first-order valence-corrected chi connectivity index (χ1v) is 7.01. The SMILES string of the molecule is Nc1cc2n(c(=O)c1)C(O)(c1ccc(Cl)cc1)CS2. The van der Waals surface area contributed by atoms with Crippen LogP contribution in [0.2, 0.25) is 5.02 Å². The Balaban J connectivity index is 2.20. The van der Waals surface area contributed by atoms with Crippen molar-refractivity contribution in [1.29, 1.82) is 0 Å². The molecule has 19 heavy (non-hydrogen) atoms. The van der Waals surface area contributed by atoms with Crippen LogP contribution >= 0.6 is 23.4 Å². The van der Waals surface area contributed by atoms with Crippen LogP contribution in [0.5, 0.6) is 0 Å². The number of aromatic nitrogens is 1. The fraction of sp³-hybridized carbons (Fsp3) is 0.154. The van der Waals surface area contributed by atoms with Crippen molar-refractivity contribution in [3.63, 3.8) is 0 Å². The van der Waals surface area contributed by atoms with Gasteiger partial charge in [-0.05, 0) is 18.2 Å². The summed E-state index contributed by atoms with van der Waals surface area (Å²) in [7, 11) is 0. The smallest absolute Gasteiger partial charge is 0.256 e. The van der Waals surface area contributed by atoms with E-state index in [1.807, 2.05) is 0 Å². The zero-order valence-corrected chi connectivity index (χ0v) is 11.4. The molecule has 3 N–H and O–H groups in total. The summed E-state index contributed by atoms with van der Waals surface area (Å²) in [6.07, 6.45) is 0. The highest BCUT2D eigenvalue weighted by atomic mass is 35.5. The molecule has 1 aromatic heterocycles. The molecule has 3 rings (SSSR count). The number of rotatable bonds is 1. The zero-order chi connectivity index (χ0) is 13.6. The van der Waals surface area contributed by atoms with Gasteiger partial charge < -0.3 is 10.8 Å². The molecule has 0 bridgehead atoms. The normalized spacial score (nSPS) is 21.4. The van der Waals surface area contributed by atoms with Crippen molar-refractivity contribution in [2.24, 2.45) is 0 Å². The molecule has 1 aliphatic heterocycles. The summed E-state index contributed by atoms with van der Waals surface area (Å²) >= 11 is 7.25. The number of halogens is 1. The molecule has 98 valence electrons. The van der Waals surface area contributed by atoms with Crippen molar-refractivity contribution >= 4 is 29.1 Å². The molecule has 0 radical (unpaired) electrons. The predicted octanol–water partition coefficient (Wildman–Crippen LogP) is 1.88. The summed E-state index contributed by atoms with van der Waals surface area (Å²) in [5, 5.41) is 12.1. The van der Waals surface area contributed by atoms with Gasteiger partial charge in [0.15, 0.2) is 5.72 Å². The first-order valence-electron chi connectivity index (χ1n) is 5.65. The summed E-state index contributed by atoms with van der Waals surface area (Å²) in [6.45, 7) is 0. The number of aliphatic hydroxyl groups is 1. The van der Waals surface area contributed by atoms with Crippen molar-refractivity contribution in [3.8, 4) is 0 Å². The summed E-state index contributed by atoms with van der Waals surface area (Å²) in [6, 6.07) is 9.84. The van der Waals surface area contributed by atoms with Crippen LogP contribution in [0.25, 0.3) is 0 Å². The van der Waals surface area contributed by atoms with E-state index in [1.165, 1.54) is 22.4 Å². The fourth-order valence-corrected chi connectivity index (χ4v) is 3.56. The van der Waals surface area contributed by atoms with Crippen LogP contribution in [-0.2, 0) is 5.72 Å². The molecule has 1 aromatic carbocycles. The minimum Gasteiger partial charge on any atom is -0.398 e. The molecular formula is C13H11ClN2O2S. The van der Waals surface area contributed by atoms with Gasteiger partial charge in [-0.1, -0.05) is 23.7 Å². The highest BCUT2D eigenvalue weighted by Crippen LogP contribution is 2.39. The third-order valence-electron chi connectivity index (χ3n) is 3.12. The molecule has 1 atom stereocenters. The standard InChI is InChI=1S/C13H11ClN2O2S/c14-9-3-1-8(2-4-9)13(18)7-19-12-6-10(15)5-11(17)16(12)13/h1-6,18H,7,15H2. The summed E-state index contributed by atoms with van der Waals surface area (Å²) < 4.78 is 1.37. The molecule has 1 unspecified atom stereocenters. The van der Waals surface area contributed by atoms with E-state index in [1.54, 1.807) is 30.3 Å². The maximum atomic E-state index is 12.1. The summed E-state index contributed by atoms with van der Waals surface area (Å²) in [4.78, 5) is 12.1. The van der Waals surface area contributed by atoms with Crippen molar-refractivity contribution < 1.29 is 5.11 Å². The molecule has 2 heterocycles. The van der Waals surface area contributed by atoms with Gasteiger partial charge in [-0.2, -0.15) is 0 Å². The van der Waals surface area contributed by atoms with Crippen LogP contribution < -0.4 is 11.3 Å². The van der Waals surface area contributed by atoms with Crippen LogP contribution in [0.4, 0.5) is 5.69 Å². The fourth-order valence-electron chi connectivity index (χ4n) is 2.20. The monoisotopic (exact) mass is 294 g/mol. The van der Waals surface area contributed by atoms with Gasteiger partial charge in [0.1, 0.15) is 0 Å². The molecule has 0 amide bonds. The number of pyridine rings is 1. The number of hydrogen-bond acceptors (Lipinski definition) is 4. The molecule has 2 aromatic rings. The average molecular weight is 295 g/mol. The van der Waals surface area contributed by atoms with Gasteiger partial charge in [-0.15, -0.1) is 11.8 Å². The molecule has 4 nitrogen and oxygen atoms in total. The maximum Gasteiger partial charge on any atom is 0.256 e. The lowest BCUT2D eigenvalue weighted by Crippen LogP contribution is -2.41. The molecule has 1 aliphatic rings. The van der Waals surface area contributed by atoms with E-state index in [9.17, 15) is 9.90 Å². The topological polar surface area (TPSA) is 68.2 Å². The second-order valence-electron chi connectivity index (χ2n) is 4.41. The van der Waals surface area contributed by atoms with E-state index in [4.69, 9.17) is 17.3 Å². The predicted molar refractivity (Wildman–Crippen MR) is 76.6 cm³/mol. The number of hydrogen-bond donors (Lipinski definition) is 2. The Labute approximate surface area is 118 Å². The second-order valence-corrected chi connectivity index (χ2v) is 5.84. The lowest BCUT2D eigenvalue weighted by Gasteiger charge is -2.25. The lowest BCUT2D eigenvalue weighted by atomic mass is 10.0. The van der Waals surface area contributed by atoms with E-state index in [0.29, 0.717) is 27.1 Å². The number of anilines is 1. The third kappa shape index (κ3) is 1.94. The Bertz CT molecular complexity index is 699. The molecule has 0 saturated carbocycles. The molecule has 0 aliphatic carbocycles. The van der Waals surface area contributed by atoms with Gasteiger partial charge in [-0.25, -0.2) is 0 Å². The molecule has 0 saturated heterocycles. The van der Waals surface area contributed by atoms with Gasteiger partial charge in [-0.3, -0.25) is 9.36 Å². The number of nitrogen functional groups attached to an aromatic ring is 1. The Morgan fingerprint density at radius 3 is 2.68 bits per heavy atom. The lowest BCUT2D eigenvalue weighted by molar-refractivity contribution is 0.0254. The first-order chi connectivity index (χ1) is 9.00. The van der Waals surface area contributed by atoms with Crippen molar-refractivity contribution in [2.75, 3.05) is 11.5 Å². The second kappa shape index (κ2) is 4.30. The minimum absolute atomic E-state index is 0.308. The Hall–Kier alpha value is -1.43. The minimum atomic E-state index is -1.35. The van der Waals surface area contributed by atoms with E-state index in [0.717, 1.165) is 0 Å². The summed E-state index contributed by atoms with van der Waals surface area (Å²) in [5.41, 5.74) is 5.03. The molecule has 0 fully saturated rings. The largest absolute Gasteiger partial charge is 0.398 e. The quantitative estimate of drug-likeness (QED) is 0.843. The van der Waals surface area contributed by atoms with Gasteiger partial charge in [0, 0.05) is 22.3 Å². The van der Waals surface area contributed by atoms with Crippen molar-refractivity contribution in [1.82, 2.24) is 4.57 Å². The number of nitrogens with zero attached hydrogens (tertiary/aromatic N) is 1. The maximum absolute atomic E-state index is 12.1. The van der Waals surface area contributed by atoms with Crippen LogP contribution in [0.1, 0.15) is 5.56 Å². The van der Waals surface area contributed by atoms with Crippen LogP contribution in [0.3, 0.4) is 0 Å². The Morgan fingerprint density at radius 2 is 2.00 bits per heavy atom. The number of benzene rings is 1. The average Bonchev–Trinajstić information content (AvgIpc) is 2.69. The molecule has 6 heteroatoms. The van der Waals surface area contributed by atoms with E-state index in [2.05, 4.69) is 0 Å². The Morgan fingerprint density at radius 1 is 1.32 bits per heavy atom. The van der Waals surface area contributed by atoms with Gasteiger partial charge in [0.2, 0.25) is 0 Å². The highest BCUT2D eigenvalue weighted by molar-refractivity contribution is 7.99. The van der Waals surface area contributed by atoms with E-state index in [-0.39, 0.29) is 5.56 Å². The van der Waals surface area contributed by atoms with Crippen molar-refractivity contribution in [2.45, 2.75) is 10.8 Å². The van der Waals surface area contributed by atoms with Crippen LogP contribution in [-0.4, -0.2) is 15.4 Å². The number of thioether (sulfide) groups is 1. The van der Waals surface area contributed by atoms with E-state index < -0.39 is 5.72 Å². The first kappa shape index (κ1) is 12.6. The highest BCUT2D eigenvalue weighted by Gasteiger charge is 2.39. The summed E-state index contributed by atoms with van der Waals surface area (Å²) in [5.74, 6) is 0.368. The van der Waals surface area contributed by atoms with Gasteiger partial charge in [0.05, 0.1) is 10.8 Å². The molecular weight excluding hydrogens is 284 g/mol. The number of fused-ring (bicyclic) bond motifs is 1. The van der Waals surface area contributed by atoms with Gasteiger partial charge in [0.25, 0.3) is 5.56 Å². The zero-order valence-electron chi connectivity index (χ0n) is 9.84. The number of nitrogens with two attached hydrogens (primary N) is 1. The van der Waals surface area contributed by atoms with Crippen LogP contribution in [0, 0.1) is 0 Å². The van der Waals surface area contributed by atoms with Crippen molar-refractivity contribution in [3.05, 3.63) is 57.3 Å².